The van der Waals surface area contributed by atoms with Crippen molar-refractivity contribution < 1.29 is 0 Å². The third kappa shape index (κ3) is 3.46. The summed E-state index contributed by atoms with van der Waals surface area (Å²) in [7, 11) is 0. The molecule has 0 bridgehead atoms. The Morgan fingerprint density at radius 2 is 1.21 bits per heavy atom. The van der Waals surface area contributed by atoms with Crippen molar-refractivity contribution in [3.8, 4) is 28.3 Å². The van der Waals surface area contributed by atoms with Gasteiger partial charge in [0, 0.05) is 32.5 Å². The summed E-state index contributed by atoms with van der Waals surface area (Å²) in [5.41, 5.74) is 7.61. The average Bonchev–Trinajstić information content (AvgIpc) is 3.67. The van der Waals surface area contributed by atoms with Gasteiger partial charge in [-0.2, -0.15) is 0 Å². The molecule has 42 heavy (non-hydrogen) atoms. The molecular formula is C38H23N3S. The van der Waals surface area contributed by atoms with Gasteiger partial charge in [-0.1, -0.05) is 109 Å². The number of thiophene rings is 1. The molecule has 0 spiro atoms. The summed E-state index contributed by atoms with van der Waals surface area (Å²) in [6.07, 6.45) is 0. The zero-order chi connectivity index (χ0) is 27.6. The lowest BCUT2D eigenvalue weighted by Crippen LogP contribution is -2.02. The normalized spacial score (nSPS) is 11.8. The monoisotopic (exact) mass is 553 g/mol. The number of benzene rings is 6. The van der Waals surface area contributed by atoms with Crippen molar-refractivity contribution in [3.05, 3.63) is 138 Å². The van der Waals surface area contributed by atoms with Crippen LogP contribution in [-0.2, 0) is 0 Å². The zero-order valence-electron chi connectivity index (χ0n) is 22.5. The first-order chi connectivity index (χ1) is 20.8. The Bertz CT molecular complexity index is 2480. The Hall–Kier alpha value is -5.32. The van der Waals surface area contributed by atoms with E-state index in [-0.39, 0.29) is 0 Å². The summed E-state index contributed by atoms with van der Waals surface area (Å²) < 4.78 is 2.23. The summed E-state index contributed by atoms with van der Waals surface area (Å²) in [6, 6.07) is 45.4. The molecule has 0 amide bonds. The summed E-state index contributed by atoms with van der Waals surface area (Å²) >= 11 is 1.67. The van der Waals surface area contributed by atoms with E-state index in [4.69, 9.17) is 9.97 Å². The van der Waals surface area contributed by atoms with Gasteiger partial charge in [-0.05, 0) is 50.9 Å². The predicted octanol–water partition coefficient (Wildman–Crippen LogP) is 10.4. The SMILES string of the molecule is c1cc(-c2cccc3ccccc23)cc(-c2nc(-n3c4ccccc4c4c5ccccc5ccc43)nc3cscc23)c1. The molecular weight excluding hydrogens is 531 g/mol. The van der Waals surface area contributed by atoms with Crippen molar-refractivity contribution in [2.75, 3.05) is 0 Å². The summed E-state index contributed by atoms with van der Waals surface area (Å²) in [5, 5.41) is 12.8. The van der Waals surface area contributed by atoms with Crippen LogP contribution < -0.4 is 0 Å². The molecule has 0 aliphatic rings. The summed E-state index contributed by atoms with van der Waals surface area (Å²) in [6.45, 7) is 0. The minimum Gasteiger partial charge on any atom is -0.278 e. The smallest absolute Gasteiger partial charge is 0.235 e. The van der Waals surface area contributed by atoms with E-state index in [1.165, 1.54) is 43.4 Å². The van der Waals surface area contributed by atoms with E-state index in [1.807, 2.05) is 0 Å². The number of nitrogens with zero attached hydrogens (tertiary/aromatic N) is 3. The second-order valence-corrected chi connectivity index (χ2v) is 11.4. The molecule has 0 aliphatic carbocycles. The molecule has 0 saturated heterocycles. The van der Waals surface area contributed by atoms with Crippen LogP contribution in [0.5, 0.6) is 0 Å². The Morgan fingerprint density at radius 1 is 0.500 bits per heavy atom. The third-order valence-electron chi connectivity index (χ3n) is 8.33. The van der Waals surface area contributed by atoms with Crippen LogP contribution in [0.15, 0.2) is 138 Å². The lowest BCUT2D eigenvalue weighted by molar-refractivity contribution is 1.02. The first kappa shape index (κ1) is 23.4. The van der Waals surface area contributed by atoms with Crippen LogP contribution in [0.1, 0.15) is 0 Å². The molecule has 3 nitrogen and oxygen atoms in total. The largest absolute Gasteiger partial charge is 0.278 e. The third-order valence-corrected chi connectivity index (χ3v) is 9.06. The van der Waals surface area contributed by atoms with Gasteiger partial charge in [-0.15, -0.1) is 11.3 Å². The molecule has 9 aromatic rings. The van der Waals surface area contributed by atoms with E-state index in [2.05, 4.69) is 143 Å². The molecule has 0 atom stereocenters. The number of hydrogen-bond acceptors (Lipinski definition) is 3. The van der Waals surface area contributed by atoms with Crippen molar-refractivity contribution in [1.29, 1.82) is 0 Å². The van der Waals surface area contributed by atoms with Crippen LogP contribution in [0.3, 0.4) is 0 Å². The van der Waals surface area contributed by atoms with Crippen LogP contribution >= 0.6 is 11.3 Å². The molecule has 0 unspecified atom stereocenters. The van der Waals surface area contributed by atoms with Crippen molar-refractivity contribution >= 4 is 65.6 Å². The standard InChI is InChI=1S/C38H23N3S/c1-3-14-28-24(9-1)11-8-17-29(28)26-12-7-13-27(21-26)37-32-22-42-23-33(32)39-38(40-37)41-34-18-6-5-16-31(34)36-30-15-4-2-10-25(30)19-20-35(36)41/h1-23H. The van der Waals surface area contributed by atoms with Crippen molar-refractivity contribution in [2.45, 2.75) is 0 Å². The van der Waals surface area contributed by atoms with Gasteiger partial charge in [-0.25, -0.2) is 9.97 Å². The van der Waals surface area contributed by atoms with Crippen LogP contribution in [0.4, 0.5) is 0 Å². The molecule has 6 aromatic carbocycles. The van der Waals surface area contributed by atoms with Gasteiger partial charge >= 0.3 is 0 Å². The molecule has 0 N–H and O–H groups in total. The van der Waals surface area contributed by atoms with Gasteiger partial charge in [0.1, 0.15) is 0 Å². The molecule has 0 saturated carbocycles. The van der Waals surface area contributed by atoms with Gasteiger partial charge in [0.25, 0.3) is 0 Å². The zero-order valence-corrected chi connectivity index (χ0v) is 23.3. The highest BCUT2D eigenvalue weighted by molar-refractivity contribution is 7.09. The minimum atomic E-state index is 0.688. The van der Waals surface area contributed by atoms with E-state index in [0.29, 0.717) is 5.95 Å². The highest BCUT2D eigenvalue weighted by Crippen LogP contribution is 2.38. The maximum Gasteiger partial charge on any atom is 0.235 e. The Morgan fingerprint density at radius 3 is 2.12 bits per heavy atom. The lowest BCUT2D eigenvalue weighted by Gasteiger charge is -2.12. The van der Waals surface area contributed by atoms with Crippen LogP contribution in [0, 0.1) is 0 Å². The fourth-order valence-electron chi connectivity index (χ4n) is 6.43. The van der Waals surface area contributed by atoms with Gasteiger partial charge < -0.3 is 0 Å². The lowest BCUT2D eigenvalue weighted by atomic mass is 9.96. The number of hydrogen-bond donors (Lipinski definition) is 0. The van der Waals surface area contributed by atoms with E-state index < -0.39 is 0 Å². The van der Waals surface area contributed by atoms with E-state index in [0.717, 1.165) is 33.2 Å². The summed E-state index contributed by atoms with van der Waals surface area (Å²) in [4.78, 5) is 10.4. The molecule has 9 rings (SSSR count). The maximum absolute atomic E-state index is 5.32. The van der Waals surface area contributed by atoms with Gasteiger partial charge in [0.15, 0.2) is 0 Å². The van der Waals surface area contributed by atoms with Crippen LogP contribution in [0.25, 0.3) is 82.6 Å². The van der Waals surface area contributed by atoms with Gasteiger partial charge in [-0.3, -0.25) is 4.57 Å². The number of rotatable bonds is 3. The van der Waals surface area contributed by atoms with Gasteiger partial charge in [0.2, 0.25) is 5.95 Å². The summed E-state index contributed by atoms with van der Waals surface area (Å²) in [5.74, 6) is 0.688. The molecule has 3 aromatic heterocycles. The second-order valence-electron chi connectivity index (χ2n) is 10.7. The van der Waals surface area contributed by atoms with Gasteiger partial charge in [0.05, 0.1) is 22.2 Å². The second kappa shape index (κ2) is 9.10. The molecule has 0 radical (unpaired) electrons. The molecule has 196 valence electrons. The fraction of sp³-hybridized carbons (Fsp3) is 0. The average molecular weight is 554 g/mol. The maximum atomic E-state index is 5.32. The molecule has 3 heterocycles. The van der Waals surface area contributed by atoms with E-state index >= 15 is 0 Å². The van der Waals surface area contributed by atoms with Crippen LogP contribution in [0.2, 0.25) is 0 Å². The Balaban J connectivity index is 1.31. The molecule has 0 fully saturated rings. The molecule has 0 aliphatic heterocycles. The Labute approximate surface area is 246 Å². The topological polar surface area (TPSA) is 30.7 Å². The highest BCUT2D eigenvalue weighted by Gasteiger charge is 2.19. The van der Waals surface area contributed by atoms with Crippen LogP contribution in [-0.4, -0.2) is 14.5 Å². The first-order valence-corrected chi connectivity index (χ1v) is 15.0. The van der Waals surface area contributed by atoms with Crippen molar-refractivity contribution in [3.63, 3.8) is 0 Å². The Kier molecular flexibility index (Phi) is 5.07. The minimum absolute atomic E-state index is 0.688. The van der Waals surface area contributed by atoms with E-state index in [1.54, 1.807) is 11.3 Å². The quantitative estimate of drug-likeness (QED) is 0.218. The first-order valence-electron chi connectivity index (χ1n) is 14.1. The fourth-order valence-corrected chi connectivity index (χ4v) is 7.18. The van der Waals surface area contributed by atoms with E-state index in [9.17, 15) is 0 Å². The molecule has 4 heteroatoms. The number of para-hydroxylation sites is 1. The van der Waals surface area contributed by atoms with Crippen molar-refractivity contribution in [1.82, 2.24) is 14.5 Å². The number of fused-ring (bicyclic) bond motifs is 7. The number of aromatic nitrogens is 3. The van der Waals surface area contributed by atoms with Crippen molar-refractivity contribution in [2.24, 2.45) is 0 Å². The predicted molar refractivity (Wildman–Crippen MR) is 178 cm³/mol. The highest BCUT2D eigenvalue weighted by atomic mass is 32.1.